The Morgan fingerprint density at radius 2 is 1.87 bits per heavy atom. The molecule has 1 aromatic carbocycles. The average Bonchev–Trinajstić information content (AvgIpc) is 2.45. The highest BCUT2D eigenvalue weighted by atomic mass is 19.4. The number of alkyl halides is 3. The minimum absolute atomic E-state index is 0.490. The van der Waals surface area contributed by atoms with Gasteiger partial charge in [0.2, 0.25) is 5.91 Å². The average molecular weight is 324 g/mol. The molecule has 2 aromatic rings. The topological polar surface area (TPSA) is 51.1 Å². The smallest absolute Gasteiger partial charge is 0.324 e. The third kappa shape index (κ3) is 3.80. The lowest BCUT2D eigenvalue weighted by Gasteiger charge is -2.12. The van der Waals surface area contributed by atoms with Crippen molar-refractivity contribution in [1.82, 2.24) is 4.57 Å². The Bertz CT molecular complexity index is 795. The summed E-state index contributed by atoms with van der Waals surface area (Å²) in [6.07, 6.45) is -3.59. The number of hydrogen-bond donors (Lipinski definition) is 1. The molecule has 0 atom stereocenters. The molecule has 1 amide bonds. The number of nitrogens with zero attached hydrogens (tertiary/aromatic N) is 1. The van der Waals surface area contributed by atoms with E-state index in [1.807, 2.05) is 19.9 Å². The first-order chi connectivity index (χ1) is 10.7. The third-order valence-electron chi connectivity index (χ3n) is 3.52. The predicted octanol–water partition coefficient (Wildman–Crippen LogP) is 3.12. The van der Waals surface area contributed by atoms with Crippen molar-refractivity contribution in [3.8, 4) is 0 Å². The summed E-state index contributed by atoms with van der Waals surface area (Å²) in [6.45, 7) is 3.21. The van der Waals surface area contributed by atoms with Gasteiger partial charge in [-0.05, 0) is 43.2 Å². The van der Waals surface area contributed by atoms with Crippen molar-refractivity contribution < 1.29 is 18.0 Å². The largest absolute Gasteiger partial charge is 0.421 e. The highest BCUT2D eigenvalue weighted by Crippen LogP contribution is 2.26. The van der Waals surface area contributed by atoms with E-state index in [9.17, 15) is 22.8 Å². The fraction of sp³-hybridized carbons (Fsp3) is 0.250. The molecule has 0 saturated carbocycles. The number of amides is 1. The van der Waals surface area contributed by atoms with Crippen LogP contribution in [0.4, 0.5) is 18.9 Å². The van der Waals surface area contributed by atoms with E-state index >= 15 is 0 Å². The fourth-order valence-electron chi connectivity index (χ4n) is 2.11. The van der Waals surface area contributed by atoms with Crippen molar-refractivity contribution >= 4 is 11.6 Å². The number of nitrogens with one attached hydrogen (secondary N) is 1. The number of anilines is 1. The molecule has 0 radical (unpaired) electrons. The summed E-state index contributed by atoms with van der Waals surface area (Å²) < 4.78 is 38.8. The molecule has 4 nitrogen and oxygen atoms in total. The van der Waals surface area contributed by atoms with Gasteiger partial charge < -0.3 is 9.88 Å². The molecule has 0 saturated heterocycles. The Morgan fingerprint density at radius 3 is 2.52 bits per heavy atom. The first-order valence-electron chi connectivity index (χ1n) is 6.83. The van der Waals surface area contributed by atoms with Crippen molar-refractivity contribution in [3.63, 3.8) is 0 Å². The molecule has 2 rings (SSSR count). The zero-order chi connectivity index (χ0) is 17.2. The normalized spacial score (nSPS) is 11.3. The molecule has 1 aromatic heterocycles. The molecule has 1 heterocycles. The summed E-state index contributed by atoms with van der Waals surface area (Å²) in [7, 11) is 0. The molecule has 7 heteroatoms. The lowest BCUT2D eigenvalue weighted by atomic mass is 10.1. The Labute approximate surface area is 130 Å². The zero-order valence-corrected chi connectivity index (χ0v) is 12.6. The van der Waals surface area contributed by atoms with E-state index in [0.29, 0.717) is 11.8 Å². The number of pyridine rings is 1. The quantitative estimate of drug-likeness (QED) is 0.943. The number of aromatic nitrogens is 1. The maximum atomic E-state index is 12.7. The van der Waals surface area contributed by atoms with Crippen LogP contribution >= 0.6 is 0 Å². The van der Waals surface area contributed by atoms with E-state index in [0.717, 1.165) is 28.0 Å². The van der Waals surface area contributed by atoms with E-state index in [4.69, 9.17) is 0 Å². The van der Waals surface area contributed by atoms with Crippen LogP contribution in [0.15, 0.2) is 41.3 Å². The summed E-state index contributed by atoms with van der Waals surface area (Å²) in [4.78, 5) is 23.8. The number of rotatable bonds is 3. The molecular formula is C16H15F3N2O2. The zero-order valence-electron chi connectivity index (χ0n) is 12.6. The van der Waals surface area contributed by atoms with Crippen LogP contribution < -0.4 is 10.9 Å². The first-order valence-corrected chi connectivity index (χ1v) is 6.83. The van der Waals surface area contributed by atoms with Crippen LogP contribution in [0.1, 0.15) is 16.7 Å². The van der Waals surface area contributed by atoms with Crippen molar-refractivity contribution in [2.24, 2.45) is 0 Å². The van der Waals surface area contributed by atoms with E-state index in [2.05, 4.69) is 5.32 Å². The van der Waals surface area contributed by atoms with Gasteiger partial charge in [0.25, 0.3) is 5.56 Å². The summed E-state index contributed by atoms with van der Waals surface area (Å²) in [5.41, 5.74) is -0.137. The first kappa shape index (κ1) is 16.8. The Balaban J connectivity index is 2.22. The maximum Gasteiger partial charge on any atom is 0.421 e. The molecule has 122 valence electrons. The summed E-state index contributed by atoms with van der Waals surface area (Å²) in [6, 6.07) is 7.11. The number of carbonyl (C=O) groups excluding carboxylic acids is 1. The monoisotopic (exact) mass is 324 g/mol. The Morgan fingerprint density at radius 1 is 1.17 bits per heavy atom. The van der Waals surface area contributed by atoms with E-state index < -0.39 is 29.8 Å². The van der Waals surface area contributed by atoms with Gasteiger partial charge in [-0.1, -0.05) is 12.1 Å². The molecule has 23 heavy (non-hydrogen) atoms. The van der Waals surface area contributed by atoms with Gasteiger partial charge in [-0.2, -0.15) is 13.2 Å². The molecule has 0 aliphatic rings. The Kier molecular flexibility index (Phi) is 4.58. The van der Waals surface area contributed by atoms with Crippen molar-refractivity contribution in [1.29, 1.82) is 0 Å². The maximum absolute atomic E-state index is 12.7. The highest BCUT2D eigenvalue weighted by molar-refractivity contribution is 5.91. The molecule has 0 fully saturated rings. The van der Waals surface area contributed by atoms with E-state index in [1.165, 1.54) is 0 Å². The highest BCUT2D eigenvalue weighted by Gasteiger charge is 2.34. The van der Waals surface area contributed by atoms with Crippen LogP contribution in [0, 0.1) is 13.8 Å². The van der Waals surface area contributed by atoms with Crippen molar-refractivity contribution in [2.75, 3.05) is 5.32 Å². The number of aryl methyl sites for hydroxylation is 1. The van der Waals surface area contributed by atoms with Gasteiger partial charge in [0.05, 0.1) is 0 Å². The summed E-state index contributed by atoms with van der Waals surface area (Å²) in [5.74, 6) is -0.569. The molecule has 0 bridgehead atoms. The fourth-order valence-corrected chi connectivity index (χ4v) is 2.11. The Hall–Kier alpha value is -2.57. The van der Waals surface area contributed by atoms with Gasteiger partial charge in [-0.25, -0.2) is 0 Å². The van der Waals surface area contributed by atoms with Gasteiger partial charge in [0.1, 0.15) is 12.1 Å². The van der Waals surface area contributed by atoms with Crippen LogP contribution in [0.2, 0.25) is 0 Å². The number of benzene rings is 1. The molecule has 0 unspecified atom stereocenters. The van der Waals surface area contributed by atoms with E-state index in [-0.39, 0.29) is 0 Å². The number of halogens is 3. The predicted molar refractivity (Wildman–Crippen MR) is 80.2 cm³/mol. The second-order valence-corrected chi connectivity index (χ2v) is 5.15. The minimum atomic E-state index is -4.75. The van der Waals surface area contributed by atoms with Crippen LogP contribution in [0.5, 0.6) is 0 Å². The summed E-state index contributed by atoms with van der Waals surface area (Å²) in [5, 5.41) is 2.61. The SMILES string of the molecule is Cc1cccc(NC(=O)Cn2cccc(C(F)(F)F)c2=O)c1C. The van der Waals surface area contributed by atoms with Crippen molar-refractivity contribution in [3.05, 3.63) is 63.6 Å². The second-order valence-electron chi connectivity index (χ2n) is 5.15. The molecule has 0 spiro atoms. The molecule has 0 aliphatic heterocycles. The van der Waals surface area contributed by atoms with Gasteiger partial charge in [-0.15, -0.1) is 0 Å². The van der Waals surface area contributed by atoms with Crippen LogP contribution in [-0.2, 0) is 17.5 Å². The molecule has 1 N–H and O–H groups in total. The third-order valence-corrected chi connectivity index (χ3v) is 3.52. The van der Waals surface area contributed by atoms with Crippen LogP contribution in [0.3, 0.4) is 0 Å². The molecular weight excluding hydrogens is 309 g/mol. The summed E-state index contributed by atoms with van der Waals surface area (Å²) >= 11 is 0. The van der Waals surface area contributed by atoms with Crippen molar-refractivity contribution in [2.45, 2.75) is 26.6 Å². The lowest BCUT2D eigenvalue weighted by Crippen LogP contribution is -2.32. The molecule has 0 aliphatic carbocycles. The second kappa shape index (κ2) is 6.28. The van der Waals surface area contributed by atoms with Gasteiger partial charge >= 0.3 is 6.18 Å². The van der Waals surface area contributed by atoms with Gasteiger partial charge in [0.15, 0.2) is 0 Å². The van der Waals surface area contributed by atoms with Crippen LogP contribution in [-0.4, -0.2) is 10.5 Å². The van der Waals surface area contributed by atoms with Gasteiger partial charge in [0, 0.05) is 11.9 Å². The van der Waals surface area contributed by atoms with Crippen LogP contribution in [0.25, 0.3) is 0 Å². The standard InChI is InChI=1S/C16H15F3N2O2/c1-10-5-3-7-13(11(10)2)20-14(22)9-21-8-4-6-12(15(21)23)16(17,18)19/h3-8H,9H2,1-2H3,(H,20,22). The number of carbonyl (C=O) groups is 1. The lowest BCUT2D eigenvalue weighted by molar-refractivity contribution is -0.139. The minimum Gasteiger partial charge on any atom is -0.324 e. The number of hydrogen-bond acceptors (Lipinski definition) is 2. The van der Waals surface area contributed by atoms with Gasteiger partial charge in [-0.3, -0.25) is 9.59 Å². The van der Waals surface area contributed by atoms with E-state index in [1.54, 1.807) is 12.1 Å².